The van der Waals surface area contributed by atoms with Gasteiger partial charge in [-0.1, -0.05) is 33.8 Å². The molecular weight excluding hydrogens is 379 g/mol. The molecule has 114 valence electrons. The molecule has 1 aromatic rings. The molecule has 0 saturated carbocycles. The summed E-state index contributed by atoms with van der Waals surface area (Å²) in [5.41, 5.74) is 0.615. The third-order valence-corrected chi connectivity index (χ3v) is 7.04. The quantitative estimate of drug-likeness (QED) is 0.774. The van der Waals surface area contributed by atoms with Gasteiger partial charge < -0.3 is 4.90 Å². The van der Waals surface area contributed by atoms with Gasteiger partial charge >= 0.3 is 0 Å². The van der Waals surface area contributed by atoms with Crippen molar-refractivity contribution < 1.29 is 12.8 Å². The Morgan fingerprint density at radius 3 is 2.90 bits per heavy atom. The van der Waals surface area contributed by atoms with Gasteiger partial charge in [-0.25, -0.2) is 12.8 Å². The van der Waals surface area contributed by atoms with Crippen LogP contribution in [0, 0.1) is 5.82 Å². The van der Waals surface area contributed by atoms with Gasteiger partial charge in [-0.2, -0.15) is 0 Å². The molecule has 4 nitrogen and oxygen atoms in total. The fourth-order valence-corrected chi connectivity index (χ4v) is 5.92. The Hall–Kier alpha value is -0.600. The molecule has 1 fully saturated rings. The highest BCUT2D eigenvalue weighted by Gasteiger charge is 2.44. The van der Waals surface area contributed by atoms with Crippen molar-refractivity contribution in [3.05, 3.63) is 34.1 Å². The number of fused-ring (bicyclic) bond motifs is 1. The molecule has 0 bridgehead atoms. The predicted molar refractivity (Wildman–Crippen MR) is 86.8 cm³/mol. The largest absolute Gasteiger partial charge is 0.348 e. The number of hydrogen-bond donors (Lipinski definition) is 0. The van der Waals surface area contributed by atoms with Crippen molar-refractivity contribution in [3.8, 4) is 0 Å². The number of aliphatic imine (C=N–C) groups is 1. The van der Waals surface area contributed by atoms with Gasteiger partial charge in [0.15, 0.2) is 15.0 Å². The lowest BCUT2D eigenvalue weighted by Gasteiger charge is -2.20. The van der Waals surface area contributed by atoms with E-state index >= 15 is 0 Å². The molecule has 2 unspecified atom stereocenters. The van der Waals surface area contributed by atoms with Crippen molar-refractivity contribution in [3.63, 3.8) is 0 Å². The zero-order valence-electron chi connectivity index (χ0n) is 11.3. The summed E-state index contributed by atoms with van der Waals surface area (Å²) in [6, 6.07) is 4.76. The number of likely N-dealkylation sites (N-methyl/N-ethyl adjacent to an activating group) is 1. The Labute approximate surface area is 135 Å². The molecule has 0 aliphatic carbocycles. The van der Waals surface area contributed by atoms with Crippen LogP contribution in [0.4, 0.5) is 4.39 Å². The van der Waals surface area contributed by atoms with E-state index in [0.717, 1.165) is 5.17 Å². The smallest absolute Gasteiger partial charge is 0.159 e. The molecule has 0 amide bonds. The van der Waals surface area contributed by atoms with E-state index in [2.05, 4.69) is 20.9 Å². The number of benzene rings is 1. The van der Waals surface area contributed by atoms with Crippen LogP contribution in [0.25, 0.3) is 0 Å². The molecule has 8 heteroatoms. The topological polar surface area (TPSA) is 49.7 Å². The van der Waals surface area contributed by atoms with Gasteiger partial charge in [0.05, 0.1) is 23.6 Å². The van der Waals surface area contributed by atoms with E-state index in [1.54, 1.807) is 12.1 Å². The average molecular weight is 393 g/mol. The lowest BCUT2D eigenvalue weighted by atomic mass is 10.2. The van der Waals surface area contributed by atoms with Crippen molar-refractivity contribution in [1.82, 2.24) is 4.90 Å². The summed E-state index contributed by atoms with van der Waals surface area (Å²) < 4.78 is 37.7. The molecule has 3 rings (SSSR count). The standard InChI is InChI=1S/C13H14BrFN2O2S2/c1-17-12-7-21(18,19)6-11(12)16-13(17)20-5-8-2-3-9(14)4-10(8)15/h2-4,11-12H,5-7H2,1H3. The highest BCUT2D eigenvalue weighted by atomic mass is 79.9. The zero-order valence-corrected chi connectivity index (χ0v) is 14.5. The van der Waals surface area contributed by atoms with E-state index in [0.29, 0.717) is 15.8 Å². The maximum Gasteiger partial charge on any atom is 0.159 e. The summed E-state index contributed by atoms with van der Waals surface area (Å²) in [6.45, 7) is 0. The zero-order chi connectivity index (χ0) is 15.2. The van der Waals surface area contributed by atoms with Crippen LogP contribution in [0.1, 0.15) is 5.56 Å². The summed E-state index contributed by atoms with van der Waals surface area (Å²) in [7, 11) is -1.11. The molecule has 0 N–H and O–H groups in total. The van der Waals surface area contributed by atoms with Crippen molar-refractivity contribution in [2.45, 2.75) is 17.8 Å². The fraction of sp³-hybridized carbons (Fsp3) is 0.462. The first-order chi connectivity index (χ1) is 9.85. The van der Waals surface area contributed by atoms with Crippen LogP contribution >= 0.6 is 27.7 Å². The van der Waals surface area contributed by atoms with Crippen LogP contribution in [-0.2, 0) is 15.6 Å². The van der Waals surface area contributed by atoms with Crippen molar-refractivity contribution in [1.29, 1.82) is 0 Å². The monoisotopic (exact) mass is 392 g/mol. The Balaban J connectivity index is 1.69. The van der Waals surface area contributed by atoms with Gasteiger partial charge in [-0.3, -0.25) is 4.99 Å². The van der Waals surface area contributed by atoms with E-state index in [1.165, 1.54) is 17.8 Å². The summed E-state index contributed by atoms with van der Waals surface area (Å²) in [4.78, 5) is 6.40. The van der Waals surface area contributed by atoms with Crippen molar-refractivity contribution in [2.75, 3.05) is 18.6 Å². The van der Waals surface area contributed by atoms with Crippen LogP contribution in [0.15, 0.2) is 27.7 Å². The Morgan fingerprint density at radius 1 is 1.48 bits per heavy atom. The summed E-state index contributed by atoms with van der Waals surface area (Å²) in [5, 5.41) is 0.794. The number of hydrogen-bond acceptors (Lipinski definition) is 5. The van der Waals surface area contributed by atoms with Gasteiger partial charge in [0.2, 0.25) is 0 Å². The summed E-state index contributed by atoms with van der Waals surface area (Å²) >= 11 is 4.68. The predicted octanol–water partition coefficient (Wildman–Crippen LogP) is 2.29. The van der Waals surface area contributed by atoms with E-state index < -0.39 is 9.84 Å². The van der Waals surface area contributed by atoms with E-state index in [9.17, 15) is 12.8 Å². The second kappa shape index (κ2) is 5.55. The Bertz CT molecular complexity index is 708. The van der Waals surface area contributed by atoms with Crippen LogP contribution in [0.3, 0.4) is 0 Å². The molecule has 21 heavy (non-hydrogen) atoms. The van der Waals surface area contributed by atoms with Gasteiger partial charge in [0, 0.05) is 17.3 Å². The fourth-order valence-electron chi connectivity index (χ4n) is 2.60. The number of nitrogens with zero attached hydrogens (tertiary/aromatic N) is 2. The number of thioether (sulfide) groups is 1. The second-order valence-corrected chi connectivity index (χ2v) is 9.27. The average Bonchev–Trinajstić information content (AvgIpc) is 2.83. The van der Waals surface area contributed by atoms with E-state index in [1.807, 2.05) is 11.9 Å². The summed E-state index contributed by atoms with van der Waals surface area (Å²) in [5.74, 6) is 0.516. The molecule has 1 aromatic carbocycles. The highest BCUT2D eigenvalue weighted by molar-refractivity contribution is 9.10. The van der Waals surface area contributed by atoms with Crippen molar-refractivity contribution in [2.24, 2.45) is 4.99 Å². The third kappa shape index (κ3) is 3.12. The van der Waals surface area contributed by atoms with Crippen LogP contribution in [0.5, 0.6) is 0 Å². The first-order valence-electron chi connectivity index (χ1n) is 6.43. The van der Waals surface area contributed by atoms with Crippen LogP contribution in [0.2, 0.25) is 0 Å². The van der Waals surface area contributed by atoms with Crippen LogP contribution in [-0.4, -0.2) is 49.1 Å². The molecule has 2 aliphatic heterocycles. The molecule has 2 atom stereocenters. The van der Waals surface area contributed by atoms with E-state index in [-0.39, 0.29) is 29.4 Å². The maximum atomic E-state index is 13.8. The van der Waals surface area contributed by atoms with Gasteiger partial charge in [-0.15, -0.1) is 0 Å². The van der Waals surface area contributed by atoms with Crippen LogP contribution < -0.4 is 0 Å². The van der Waals surface area contributed by atoms with E-state index in [4.69, 9.17) is 0 Å². The SMILES string of the molecule is CN1C(SCc2ccc(Br)cc2F)=NC2CS(=O)(=O)CC21. The molecule has 2 aliphatic rings. The van der Waals surface area contributed by atoms with Gasteiger partial charge in [0.25, 0.3) is 0 Å². The van der Waals surface area contributed by atoms with Gasteiger partial charge in [0.1, 0.15) is 5.82 Å². The highest BCUT2D eigenvalue weighted by Crippen LogP contribution is 2.31. The lowest BCUT2D eigenvalue weighted by molar-refractivity contribution is 0.410. The normalized spacial score (nSPS) is 26.8. The number of halogens is 2. The first-order valence-corrected chi connectivity index (χ1v) is 10.0. The maximum absolute atomic E-state index is 13.8. The Kier molecular flexibility index (Phi) is 4.04. The minimum atomic E-state index is -2.96. The lowest BCUT2D eigenvalue weighted by Crippen LogP contribution is -2.35. The number of sulfone groups is 1. The molecular formula is C13H14BrFN2O2S2. The molecule has 0 aromatic heterocycles. The Morgan fingerprint density at radius 2 is 2.24 bits per heavy atom. The number of amidine groups is 1. The molecule has 0 radical (unpaired) electrons. The summed E-state index contributed by atoms with van der Waals surface area (Å²) in [6.07, 6.45) is 0. The van der Waals surface area contributed by atoms with Gasteiger partial charge in [-0.05, 0) is 17.7 Å². The number of rotatable bonds is 2. The first kappa shape index (κ1) is 15.3. The minimum absolute atomic E-state index is 0.0627. The van der Waals surface area contributed by atoms with Crippen molar-refractivity contribution >= 4 is 42.7 Å². The molecule has 0 spiro atoms. The minimum Gasteiger partial charge on any atom is -0.348 e. The molecule has 2 heterocycles. The second-order valence-electron chi connectivity index (χ2n) is 5.26. The molecule has 1 saturated heterocycles. The third-order valence-electron chi connectivity index (χ3n) is 3.74.